The van der Waals surface area contributed by atoms with Gasteiger partial charge < -0.3 is 13.9 Å². The predicted octanol–water partition coefficient (Wildman–Crippen LogP) is 8.43. The number of benzene rings is 1. The monoisotopic (exact) mass is 551 g/mol. The molecule has 37 heavy (non-hydrogen) atoms. The number of hydrogen-bond acceptors (Lipinski definition) is 4. The van der Waals surface area contributed by atoms with Crippen molar-refractivity contribution in [1.29, 1.82) is 0 Å². The molecule has 1 saturated carbocycles. The average Bonchev–Trinajstić information content (AvgIpc) is 2.81. The largest absolute Gasteiger partial charge is 0.414 e. The van der Waals surface area contributed by atoms with Crippen molar-refractivity contribution in [2.75, 3.05) is 32.9 Å². The van der Waals surface area contributed by atoms with Crippen LogP contribution in [0.15, 0.2) is 24.3 Å². The first-order chi connectivity index (χ1) is 17.6. The molecule has 1 aliphatic carbocycles. The molecule has 0 radical (unpaired) electrons. The van der Waals surface area contributed by atoms with Crippen LogP contribution in [0.1, 0.15) is 93.1 Å². The number of likely N-dealkylation sites (tertiary alicyclic amines) is 1. The first kappa shape index (κ1) is 31.1. The van der Waals surface area contributed by atoms with Gasteiger partial charge in [-0.1, -0.05) is 71.7 Å². The predicted molar refractivity (Wildman–Crippen MR) is 159 cm³/mol. The van der Waals surface area contributed by atoms with Gasteiger partial charge in [0.2, 0.25) is 0 Å². The quantitative estimate of drug-likeness (QED) is 0.171. The van der Waals surface area contributed by atoms with Gasteiger partial charge in [-0.05, 0) is 80.4 Å². The highest BCUT2D eigenvalue weighted by Gasteiger charge is 2.48. The maximum atomic E-state index is 7.25. The molecular formula is C31H54ClNO3Si. The second-order valence-electron chi connectivity index (χ2n) is 12.6. The molecule has 6 heteroatoms. The number of piperidine rings is 1. The summed E-state index contributed by atoms with van der Waals surface area (Å²) in [6, 6.07) is 9.02. The Bertz CT molecular complexity index is 789. The van der Waals surface area contributed by atoms with E-state index in [0.29, 0.717) is 35.2 Å². The minimum Gasteiger partial charge on any atom is -0.414 e. The van der Waals surface area contributed by atoms with Crippen LogP contribution in [0.3, 0.4) is 0 Å². The number of rotatable bonds is 14. The van der Waals surface area contributed by atoms with E-state index in [4.69, 9.17) is 25.5 Å². The summed E-state index contributed by atoms with van der Waals surface area (Å²) in [4.78, 5) is 2.77. The molecule has 0 bridgehead atoms. The average molecular weight is 552 g/mol. The Balaban J connectivity index is 1.85. The van der Waals surface area contributed by atoms with Crippen LogP contribution in [-0.4, -0.2) is 58.5 Å². The fourth-order valence-corrected chi connectivity index (χ4v) is 13.0. The number of nitrogens with zero attached hydrogens (tertiary/aromatic N) is 1. The normalized spacial score (nSPS) is 23.6. The maximum absolute atomic E-state index is 7.25. The molecule has 0 N–H and O–H groups in total. The van der Waals surface area contributed by atoms with Crippen molar-refractivity contribution in [3.63, 3.8) is 0 Å². The zero-order valence-corrected chi connectivity index (χ0v) is 26.7. The van der Waals surface area contributed by atoms with Crippen molar-refractivity contribution in [2.45, 2.75) is 122 Å². The van der Waals surface area contributed by atoms with Crippen molar-refractivity contribution in [2.24, 2.45) is 5.92 Å². The minimum absolute atomic E-state index is 0.163. The van der Waals surface area contributed by atoms with Crippen molar-refractivity contribution in [3.05, 3.63) is 34.9 Å². The first-order valence-electron chi connectivity index (χ1n) is 14.9. The Labute approximate surface area is 233 Å². The maximum Gasteiger partial charge on any atom is 0.200 e. The van der Waals surface area contributed by atoms with Gasteiger partial charge in [-0.3, -0.25) is 4.90 Å². The van der Waals surface area contributed by atoms with E-state index < -0.39 is 8.32 Å². The number of ether oxygens (including phenoxy) is 2. The van der Waals surface area contributed by atoms with Gasteiger partial charge in [-0.15, -0.1) is 0 Å². The van der Waals surface area contributed by atoms with Gasteiger partial charge in [0, 0.05) is 42.2 Å². The fraction of sp³-hybridized carbons (Fsp3) is 0.806. The van der Waals surface area contributed by atoms with Gasteiger partial charge in [0.15, 0.2) is 14.6 Å². The lowest BCUT2D eigenvalue weighted by atomic mass is 9.63. The Morgan fingerprint density at radius 2 is 1.54 bits per heavy atom. The molecule has 0 spiro atoms. The molecule has 1 saturated heterocycles. The van der Waals surface area contributed by atoms with Gasteiger partial charge in [0.05, 0.1) is 6.61 Å². The summed E-state index contributed by atoms with van der Waals surface area (Å²) < 4.78 is 19.2. The highest BCUT2D eigenvalue weighted by molar-refractivity contribution is 6.77. The summed E-state index contributed by atoms with van der Waals surface area (Å²) in [6.45, 7) is 22.8. The van der Waals surface area contributed by atoms with Crippen molar-refractivity contribution in [1.82, 2.24) is 4.90 Å². The lowest BCUT2D eigenvalue weighted by Crippen LogP contribution is -2.58. The second kappa shape index (κ2) is 13.8. The Morgan fingerprint density at radius 1 is 0.919 bits per heavy atom. The van der Waals surface area contributed by atoms with Gasteiger partial charge in [-0.2, -0.15) is 0 Å². The Kier molecular flexibility index (Phi) is 11.6. The molecule has 0 aromatic heterocycles. The van der Waals surface area contributed by atoms with E-state index in [1.807, 2.05) is 13.8 Å². The molecule has 3 rings (SSSR count). The zero-order chi connectivity index (χ0) is 27.2. The summed E-state index contributed by atoms with van der Waals surface area (Å²) in [6.07, 6.45) is 6.06. The van der Waals surface area contributed by atoms with E-state index in [1.54, 1.807) is 0 Å². The highest BCUT2D eigenvalue weighted by Crippen LogP contribution is 2.47. The summed E-state index contributed by atoms with van der Waals surface area (Å²) >= 11 is 6.25. The molecule has 2 aliphatic rings. The van der Waals surface area contributed by atoms with E-state index in [2.05, 4.69) is 70.7 Å². The summed E-state index contributed by atoms with van der Waals surface area (Å²) in [5.74, 6) is 0.456. The van der Waals surface area contributed by atoms with E-state index in [0.717, 1.165) is 31.3 Å². The molecule has 1 aromatic carbocycles. The minimum atomic E-state index is -1.96. The third-order valence-electron chi connectivity index (χ3n) is 9.46. The lowest BCUT2D eigenvalue weighted by Gasteiger charge is -2.51. The van der Waals surface area contributed by atoms with Crippen LogP contribution in [0, 0.1) is 5.92 Å². The Hall–Kier alpha value is -0.433. The fourth-order valence-electron chi connectivity index (χ4n) is 7.45. The van der Waals surface area contributed by atoms with Crippen LogP contribution in [0.2, 0.25) is 21.6 Å². The van der Waals surface area contributed by atoms with Crippen LogP contribution in [0.25, 0.3) is 0 Å². The molecule has 1 aliphatic heterocycles. The van der Waals surface area contributed by atoms with Gasteiger partial charge in [0.1, 0.15) is 0 Å². The van der Waals surface area contributed by atoms with Crippen LogP contribution >= 0.6 is 11.6 Å². The van der Waals surface area contributed by atoms with Crippen molar-refractivity contribution >= 4 is 19.9 Å². The first-order valence-corrected chi connectivity index (χ1v) is 17.4. The molecule has 1 unspecified atom stereocenters. The molecule has 4 nitrogen and oxygen atoms in total. The van der Waals surface area contributed by atoms with E-state index in [1.165, 1.54) is 37.7 Å². The highest BCUT2D eigenvalue weighted by atomic mass is 35.5. The van der Waals surface area contributed by atoms with E-state index in [-0.39, 0.29) is 11.7 Å². The van der Waals surface area contributed by atoms with E-state index in [9.17, 15) is 0 Å². The molecule has 3 atom stereocenters. The van der Waals surface area contributed by atoms with Crippen molar-refractivity contribution < 1.29 is 13.9 Å². The molecule has 0 amide bonds. The van der Waals surface area contributed by atoms with Gasteiger partial charge in [0.25, 0.3) is 0 Å². The Morgan fingerprint density at radius 3 is 2.05 bits per heavy atom. The molecule has 212 valence electrons. The molecule has 2 fully saturated rings. The van der Waals surface area contributed by atoms with Crippen LogP contribution in [0.5, 0.6) is 0 Å². The second-order valence-corrected chi connectivity index (χ2v) is 18.5. The third-order valence-corrected chi connectivity index (χ3v) is 15.8. The topological polar surface area (TPSA) is 30.9 Å². The van der Waals surface area contributed by atoms with Gasteiger partial charge >= 0.3 is 0 Å². The van der Waals surface area contributed by atoms with E-state index >= 15 is 0 Å². The third kappa shape index (κ3) is 7.21. The van der Waals surface area contributed by atoms with Crippen LogP contribution < -0.4 is 0 Å². The lowest BCUT2D eigenvalue weighted by molar-refractivity contribution is -0.145. The van der Waals surface area contributed by atoms with Crippen molar-refractivity contribution in [3.8, 4) is 0 Å². The SMILES string of the molecule is CCOC(C)OC[C@@H]1CCCN(CC2(c3ccc(Cl)cc3)CCC2)[C@@H]1CO[Si](C(C)C)(C(C)C)C(C)C. The summed E-state index contributed by atoms with van der Waals surface area (Å²) in [5, 5.41) is 0.820. The molecule has 1 aromatic rings. The van der Waals surface area contributed by atoms with Crippen LogP contribution in [0.4, 0.5) is 0 Å². The van der Waals surface area contributed by atoms with Gasteiger partial charge in [-0.25, -0.2) is 0 Å². The zero-order valence-electron chi connectivity index (χ0n) is 24.9. The smallest absolute Gasteiger partial charge is 0.200 e. The standard InChI is InChI=1S/C31H54ClNO3Si/c1-9-34-26(8)35-20-27-12-10-19-33(22-31(17-11-18-31)28-13-15-29(32)16-14-28)30(27)21-36-37(23(2)3,24(4)5)25(6)7/h13-16,23-27,30H,9-12,17-22H2,1-8H3/t26?,27-,30+/m0/s1. The van der Waals surface area contributed by atoms with Crippen LogP contribution in [-0.2, 0) is 19.3 Å². The molecular weight excluding hydrogens is 498 g/mol. The summed E-state index contributed by atoms with van der Waals surface area (Å²) in [7, 11) is -1.96. The number of halogens is 1. The molecule has 1 heterocycles. The summed E-state index contributed by atoms with van der Waals surface area (Å²) in [5.41, 5.74) is 3.44. The number of hydrogen-bond donors (Lipinski definition) is 0.